The molecule has 0 aliphatic rings. The van der Waals surface area contributed by atoms with Crippen LogP contribution in [-0.4, -0.2) is 23.7 Å². The van der Waals surface area contributed by atoms with E-state index in [-0.39, 0.29) is 12.5 Å². The molecule has 0 spiro atoms. The summed E-state index contributed by atoms with van der Waals surface area (Å²) in [7, 11) is 0. The van der Waals surface area contributed by atoms with Crippen LogP contribution in [0.15, 0.2) is 30.3 Å². The van der Waals surface area contributed by atoms with Crippen LogP contribution in [0.4, 0.5) is 0 Å². The number of hydrogen-bond acceptors (Lipinski definition) is 2. The molecule has 0 heterocycles. The van der Waals surface area contributed by atoms with Gasteiger partial charge in [0.2, 0.25) is 5.91 Å². The quantitative estimate of drug-likeness (QED) is 0.784. The van der Waals surface area contributed by atoms with Crippen LogP contribution in [0.25, 0.3) is 6.08 Å². The molecule has 1 unspecified atom stereocenters. The molecule has 0 aliphatic carbocycles. The van der Waals surface area contributed by atoms with Gasteiger partial charge in [0.05, 0.1) is 6.10 Å². The number of aliphatic hydroxyl groups is 1. The van der Waals surface area contributed by atoms with Crippen molar-refractivity contribution in [3.05, 3.63) is 41.5 Å². The van der Waals surface area contributed by atoms with E-state index in [2.05, 4.69) is 31.3 Å². The second-order valence-electron chi connectivity index (χ2n) is 4.75. The van der Waals surface area contributed by atoms with E-state index in [4.69, 9.17) is 5.11 Å². The molecule has 98 valence electrons. The Morgan fingerprint density at radius 2 is 1.89 bits per heavy atom. The molecule has 0 radical (unpaired) electrons. The molecule has 1 amide bonds. The summed E-state index contributed by atoms with van der Waals surface area (Å²) >= 11 is 0. The maximum Gasteiger partial charge on any atom is 0.244 e. The molecule has 3 nitrogen and oxygen atoms in total. The van der Waals surface area contributed by atoms with Crippen LogP contribution in [0, 0.1) is 0 Å². The number of benzene rings is 1. The van der Waals surface area contributed by atoms with E-state index in [1.807, 2.05) is 12.1 Å². The van der Waals surface area contributed by atoms with Gasteiger partial charge in [-0.05, 0) is 30.0 Å². The van der Waals surface area contributed by atoms with Crippen LogP contribution in [-0.2, 0) is 4.79 Å². The summed E-state index contributed by atoms with van der Waals surface area (Å²) in [6.45, 7) is 6.20. The lowest BCUT2D eigenvalue weighted by atomic mass is 10.0. The largest absolute Gasteiger partial charge is 0.392 e. The van der Waals surface area contributed by atoms with Gasteiger partial charge in [-0.15, -0.1) is 0 Å². The van der Waals surface area contributed by atoms with Crippen molar-refractivity contribution in [2.75, 3.05) is 6.54 Å². The first-order valence-corrected chi connectivity index (χ1v) is 6.23. The van der Waals surface area contributed by atoms with Gasteiger partial charge in [-0.2, -0.15) is 0 Å². The highest BCUT2D eigenvalue weighted by Gasteiger charge is 1.99. The van der Waals surface area contributed by atoms with Gasteiger partial charge < -0.3 is 10.4 Å². The molecule has 1 rings (SSSR count). The molecule has 18 heavy (non-hydrogen) atoms. The average Bonchev–Trinajstić information content (AvgIpc) is 2.34. The van der Waals surface area contributed by atoms with Crippen molar-refractivity contribution < 1.29 is 9.90 Å². The minimum Gasteiger partial charge on any atom is -0.392 e. The molecule has 0 bridgehead atoms. The van der Waals surface area contributed by atoms with Crippen LogP contribution in [0.3, 0.4) is 0 Å². The highest BCUT2D eigenvalue weighted by Crippen LogP contribution is 2.15. The summed E-state index contributed by atoms with van der Waals surface area (Å²) in [6.07, 6.45) is 2.72. The maximum absolute atomic E-state index is 11.4. The summed E-state index contributed by atoms with van der Waals surface area (Å²) in [5.74, 6) is 0.321. The molecular formula is C15H21NO2. The molecule has 0 fully saturated rings. The summed E-state index contributed by atoms with van der Waals surface area (Å²) in [5, 5.41) is 11.6. The maximum atomic E-state index is 11.4. The van der Waals surface area contributed by atoms with Crippen molar-refractivity contribution in [1.29, 1.82) is 0 Å². The standard InChI is InChI=1S/C15H21NO2/c1-11(2)14-7-4-13(5-8-14)6-9-15(18)16-10-12(3)17/h4-9,11-12,17H,10H2,1-3H3,(H,16,18)/b9-6+. The van der Waals surface area contributed by atoms with Crippen molar-refractivity contribution in [2.24, 2.45) is 0 Å². The minimum atomic E-state index is -0.521. The zero-order valence-electron chi connectivity index (χ0n) is 11.2. The Balaban J connectivity index is 2.53. The Morgan fingerprint density at radius 3 is 2.39 bits per heavy atom. The molecule has 1 atom stereocenters. The second kappa shape index (κ2) is 6.97. The molecule has 1 aromatic rings. The van der Waals surface area contributed by atoms with Crippen LogP contribution in [0.2, 0.25) is 0 Å². The second-order valence-corrected chi connectivity index (χ2v) is 4.75. The molecule has 0 aromatic heterocycles. The number of carbonyl (C=O) groups excluding carboxylic acids is 1. The topological polar surface area (TPSA) is 49.3 Å². The van der Waals surface area contributed by atoms with Gasteiger partial charge >= 0.3 is 0 Å². The van der Waals surface area contributed by atoms with E-state index in [0.717, 1.165) is 5.56 Å². The molecular weight excluding hydrogens is 226 g/mol. The zero-order valence-corrected chi connectivity index (χ0v) is 11.2. The summed E-state index contributed by atoms with van der Waals surface area (Å²) in [5.41, 5.74) is 2.28. The van der Waals surface area contributed by atoms with Gasteiger partial charge in [0.25, 0.3) is 0 Å². The van der Waals surface area contributed by atoms with Crippen molar-refractivity contribution in [2.45, 2.75) is 32.8 Å². The van der Waals surface area contributed by atoms with Gasteiger partial charge in [0, 0.05) is 12.6 Å². The number of carbonyl (C=O) groups is 1. The predicted octanol–water partition coefficient (Wildman–Crippen LogP) is 2.32. The van der Waals surface area contributed by atoms with E-state index in [9.17, 15) is 4.79 Å². The third kappa shape index (κ3) is 5.15. The van der Waals surface area contributed by atoms with Crippen LogP contribution in [0.5, 0.6) is 0 Å². The first-order chi connectivity index (χ1) is 8.49. The lowest BCUT2D eigenvalue weighted by Gasteiger charge is -2.05. The van der Waals surface area contributed by atoms with Crippen LogP contribution < -0.4 is 5.32 Å². The van der Waals surface area contributed by atoms with Crippen molar-refractivity contribution in [1.82, 2.24) is 5.32 Å². The monoisotopic (exact) mass is 247 g/mol. The number of amides is 1. The normalized spacial score (nSPS) is 12.9. The Labute approximate surface area is 109 Å². The minimum absolute atomic E-state index is 0.191. The zero-order chi connectivity index (χ0) is 13.5. The molecule has 1 aromatic carbocycles. The Bertz CT molecular complexity index is 405. The van der Waals surface area contributed by atoms with E-state index >= 15 is 0 Å². The Kier molecular flexibility index (Phi) is 5.59. The molecule has 0 saturated heterocycles. The fraction of sp³-hybridized carbons (Fsp3) is 0.400. The molecule has 2 N–H and O–H groups in total. The highest BCUT2D eigenvalue weighted by atomic mass is 16.3. The average molecular weight is 247 g/mol. The van der Waals surface area contributed by atoms with Gasteiger partial charge in [0.1, 0.15) is 0 Å². The van der Waals surface area contributed by atoms with Gasteiger partial charge in [-0.3, -0.25) is 4.79 Å². The fourth-order valence-corrected chi connectivity index (χ4v) is 1.47. The number of nitrogens with one attached hydrogen (secondary N) is 1. The van der Waals surface area contributed by atoms with E-state index in [1.54, 1.807) is 13.0 Å². The lowest BCUT2D eigenvalue weighted by molar-refractivity contribution is -0.116. The predicted molar refractivity (Wildman–Crippen MR) is 74.3 cm³/mol. The van der Waals surface area contributed by atoms with Gasteiger partial charge in [0.15, 0.2) is 0 Å². The molecule has 0 aliphatic heterocycles. The van der Waals surface area contributed by atoms with Crippen molar-refractivity contribution >= 4 is 12.0 Å². The van der Waals surface area contributed by atoms with E-state index in [1.165, 1.54) is 11.6 Å². The van der Waals surface area contributed by atoms with Crippen molar-refractivity contribution in [3.63, 3.8) is 0 Å². The van der Waals surface area contributed by atoms with Gasteiger partial charge in [-0.25, -0.2) is 0 Å². The SMILES string of the molecule is CC(O)CNC(=O)/C=C/c1ccc(C(C)C)cc1. The number of rotatable bonds is 5. The summed E-state index contributed by atoms with van der Waals surface area (Å²) < 4.78 is 0. The smallest absolute Gasteiger partial charge is 0.244 e. The lowest BCUT2D eigenvalue weighted by Crippen LogP contribution is -2.28. The van der Waals surface area contributed by atoms with E-state index in [0.29, 0.717) is 5.92 Å². The van der Waals surface area contributed by atoms with Crippen LogP contribution >= 0.6 is 0 Å². The first kappa shape index (κ1) is 14.5. The summed E-state index contributed by atoms with van der Waals surface area (Å²) in [6, 6.07) is 8.12. The van der Waals surface area contributed by atoms with Crippen molar-refractivity contribution in [3.8, 4) is 0 Å². The number of aliphatic hydroxyl groups excluding tert-OH is 1. The fourth-order valence-electron chi connectivity index (χ4n) is 1.47. The first-order valence-electron chi connectivity index (χ1n) is 6.23. The van der Waals surface area contributed by atoms with Gasteiger partial charge in [-0.1, -0.05) is 38.1 Å². The third-order valence-corrected chi connectivity index (χ3v) is 2.60. The van der Waals surface area contributed by atoms with Crippen LogP contribution in [0.1, 0.15) is 37.8 Å². The molecule has 0 saturated carbocycles. The number of hydrogen-bond donors (Lipinski definition) is 2. The Hall–Kier alpha value is -1.61. The Morgan fingerprint density at radius 1 is 1.28 bits per heavy atom. The summed E-state index contributed by atoms with van der Waals surface area (Å²) in [4.78, 5) is 11.4. The third-order valence-electron chi connectivity index (χ3n) is 2.60. The highest BCUT2D eigenvalue weighted by molar-refractivity contribution is 5.91. The van der Waals surface area contributed by atoms with E-state index < -0.39 is 6.10 Å². The molecule has 3 heteroatoms.